The maximum Gasteiger partial charge on any atom is 0.338 e. The molecule has 3 rings (SSSR count). The van der Waals surface area contributed by atoms with E-state index in [2.05, 4.69) is 0 Å². The maximum atomic E-state index is 13.0. The highest BCUT2D eigenvalue weighted by molar-refractivity contribution is 6.30. The van der Waals surface area contributed by atoms with Crippen molar-refractivity contribution in [1.29, 1.82) is 0 Å². The first kappa shape index (κ1) is 19.3. The number of esters is 2. The van der Waals surface area contributed by atoms with E-state index in [4.69, 9.17) is 9.47 Å². The normalized spacial score (nSPS) is 15.8. The van der Waals surface area contributed by atoms with E-state index >= 15 is 0 Å². The van der Waals surface area contributed by atoms with Crippen molar-refractivity contribution < 1.29 is 28.7 Å². The maximum absolute atomic E-state index is 13.0. The molecule has 1 unspecified atom stereocenters. The van der Waals surface area contributed by atoms with Crippen LogP contribution in [-0.4, -0.2) is 37.0 Å². The summed E-state index contributed by atoms with van der Waals surface area (Å²) >= 11 is 0. The van der Waals surface area contributed by atoms with Gasteiger partial charge in [-0.25, -0.2) is 9.69 Å². The van der Waals surface area contributed by atoms with Gasteiger partial charge in [-0.05, 0) is 49.7 Å². The minimum atomic E-state index is -1.22. The zero-order valence-electron chi connectivity index (χ0n) is 15.5. The monoisotopic (exact) mass is 381 g/mol. The average molecular weight is 381 g/mol. The number of rotatable bonds is 5. The van der Waals surface area contributed by atoms with Gasteiger partial charge in [-0.15, -0.1) is 0 Å². The van der Waals surface area contributed by atoms with Gasteiger partial charge in [0.2, 0.25) is 0 Å². The van der Waals surface area contributed by atoms with Crippen molar-refractivity contribution in [2.45, 2.75) is 19.8 Å². The fourth-order valence-electron chi connectivity index (χ4n) is 3.09. The first-order valence-corrected chi connectivity index (χ1v) is 8.90. The van der Waals surface area contributed by atoms with Crippen LogP contribution in [0.4, 0.5) is 5.69 Å². The summed E-state index contributed by atoms with van der Waals surface area (Å²) in [6.07, 6.45) is 0. The van der Waals surface area contributed by atoms with E-state index in [1.165, 1.54) is 24.3 Å². The molecule has 0 N–H and O–H groups in total. The molecule has 2 aromatic rings. The van der Waals surface area contributed by atoms with Crippen LogP contribution >= 0.6 is 0 Å². The summed E-state index contributed by atoms with van der Waals surface area (Å²) in [6, 6.07) is 12.3. The van der Waals surface area contributed by atoms with E-state index in [1.807, 2.05) is 0 Å². The molecule has 1 aliphatic heterocycles. The minimum Gasteiger partial charge on any atom is -0.465 e. The van der Waals surface area contributed by atoms with Crippen molar-refractivity contribution in [3.05, 3.63) is 65.2 Å². The molecule has 1 atom stereocenters. The highest BCUT2D eigenvalue weighted by Gasteiger charge is 2.44. The molecule has 0 spiro atoms. The van der Waals surface area contributed by atoms with Crippen molar-refractivity contribution in [3.63, 3.8) is 0 Å². The second kappa shape index (κ2) is 8.04. The lowest BCUT2D eigenvalue weighted by molar-refractivity contribution is -0.147. The summed E-state index contributed by atoms with van der Waals surface area (Å²) in [4.78, 5) is 51.2. The van der Waals surface area contributed by atoms with E-state index in [0.29, 0.717) is 11.1 Å². The van der Waals surface area contributed by atoms with Crippen molar-refractivity contribution in [1.82, 2.24) is 0 Å². The third-order valence-corrected chi connectivity index (χ3v) is 4.33. The van der Waals surface area contributed by atoms with Crippen LogP contribution in [0.2, 0.25) is 0 Å². The zero-order valence-corrected chi connectivity index (χ0v) is 15.5. The van der Waals surface area contributed by atoms with Gasteiger partial charge in [0, 0.05) is 5.56 Å². The van der Waals surface area contributed by atoms with Crippen LogP contribution in [0.25, 0.3) is 0 Å². The molecule has 7 heteroatoms. The number of carbonyl (C=O) groups is 4. The molecule has 7 nitrogen and oxygen atoms in total. The van der Waals surface area contributed by atoms with Crippen LogP contribution in [0.1, 0.15) is 46.0 Å². The topological polar surface area (TPSA) is 90.0 Å². The van der Waals surface area contributed by atoms with Crippen molar-refractivity contribution in [2.75, 3.05) is 18.1 Å². The number of hydrogen-bond acceptors (Lipinski definition) is 6. The number of ether oxygens (including phenoxy) is 2. The van der Waals surface area contributed by atoms with Crippen LogP contribution in [0, 0.1) is 0 Å². The fraction of sp³-hybridized carbons (Fsp3) is 0.238. The first-order valence-electron chi connectivity index (χ1n) is 8.90. The van der Waals surface area contributed by atoms with Crippen molar-refractivity contribution >= 4 is 29.4 Å². The Bertz CT molecular complexity index is 934. The van der Waals surface area contributed by atoms with E-state index in [0.717, 1.165) is 4.90 Å². The standard InChI is InChI=1S/C21H19NO6/c1-3-27-20(25)13-9-11-14(12-10-13)22-18(23)16-8-6-5-7-15(16)17(19(22)24)21(26)28-4-2/h5-12,17H,3-4H2,1-2H3. The lowest BCUT2D eigenvalue weighted by Crippen LogP contribution is -2.47. The molecule has 1 heterocycles. The Morgan fingerprint density at radius 3 is 2.21 bits per heavy atom. The number of hydrogen-bond donors (Lipinski definition) is 0. The summed E-state index contributed by atoms with van der Waals surface area (Å²) in [7, 11) is 0. The Morgan fingerprint density at radius 2 is 1.57 bits per heavy atom. The largest absolute Gasteiger partial charge is 0.465 e. The summed E-state index contributed by atoms with van der Waals surface area (Å²) < 4.78 is 9.98. The number of imide groups is 1. The highest BCUT2D eigenvalue weighted by Crippen LogP contribution is 2.33. The molecule has 0 aromatic heterocycles. The Balaban J connectivity index is 2.02. The number of anilines is 1. The quantitative estimate of drug-likeness (QED) is 0.449. The molecule has 2 amide bonds. The molecule has 144 valence electrons. The molecule has 1 aliphatic rings. The Labute approximate surface area is 161 Å². The van der Waals surface area contributed by atoms with Gasteiger partial charge in [-0.2, -0.15) is 0 Å². The summed E-state index contributed by atoms with van der Waals surface area (Å²) in [5.41, 5.74) is 1.14. The fourth-order valence-corrected chi connectivity index (χ4v) is 3.09. The van der Waals surface area contributed by atoms with Crippen molar-refractivity contribution in [2.24, 2.45) is 0 Å². The molecule has 0 radical (unpaired) electrons. The summed E-state index contributed by atoms with van der Waals surface area (Å²) in [5.74, 6) is -3.66. The highest BCUT2D eigenvalue weighted by atomic mass is 16.5. The number of fused-ring (bicyclic) bond motifs is 1. The zero-order chi connectivity index (χ0) is 20.3. The first-order chi connectivity index (χ1) is 13.5. The van der Waals surface area contributed by atoms with Gasteiger partial charge < -0.3 is 9.47 Å². The van der Waals surface area contributed by atoms with E-state index in [-0.39, 0.29) is 24.5 Å². The lowest BCUT2D eigenvalue weighted by atomic mass is 9.88. The SMILES string of the molecule is CCOC(=O)c1ccc(N2C(=O)c3ccccc3C(C(=O)OCC)C2=O)cc1. The van der Waals surface area contributed by atoms with Gasteiger partial charge >= 0.3 is 11.9 Å². The lowest BCUT2D eigenvalue weighted by Gasteiger charge is -2.31. The van der Waals surface area contributed by atoms with E-state index in [1.54, 1.807) is 38.1 Å². The van der Waals surface area contributed by atoms with Gasteiger partial charge in [-0.3, -0.25) is 14.4 Å². The Morgan fingerprint density at radius 1 is 0.929 bits per heavy atom. The molecule has 0 fully saturated rings. The predicted octanol–water partition coefficient (Wildman–Crippen LogP) is 2.70. The number of benzene rings is 2. The summed E-state index contributed by atoms with van der Waals surface area (Å²) in [6.45, 7) is 3.70. The molecule has 2 aromatic carbocycles. The van der Waals surface area contributed by atoms with E-state index in [9.17, 15) is 19.2 Å². The van der Waals surface area contributed by atoms with Gasteiger partial charge in [0.15, 0.2) is 5.92 Å². The molecule has 28 heavy (non-hydrogen) atoms. The molecule has 0 aliphatic carbocycles. The van der Waals surface area contributed by atoms with Crippen LogP contribution < -0.4 is 4.90 Å². The predicted molar refractivity (Wildman–Crippen MR) is 100 cm³/mol. The Hall–Kier alpha value is -3.48. The van der Waals surface area contributed by atoms with Gasteiger partial charge in [0.25, 0.3) is 11.8 Å². The third kappa shape index (κ3) is 3.38. The van der Waals surface area contributed by atoms with Gasteiger partial charge in [0.1, 0.15) is 0 Å². The second-order valence-corrected chi connectivity index (χ2v) is 6.02. The van der Waals surface area contributed by atoms with Gasteiger partial charge in [-0.1, -0.05) is 18.2 Å². The minimum absolute atomic E-state index is 0.118. The number of carbonyl (C=O) groups excluding carboxylic acids is 4. The Kier molecular flexibility index (Phi) is 5.54. The van der Waals surface area contributed by atoms with Gasteiger partial charge in [0.05, 0.1) is 24.5 Å². The van der Waals surface area contributed by atoms with Crippen LogP contribution in [-0.2, 0) is 19.1 Å². The molecule has 0 saturated carbocycles. The average Bonchev–Trinajstić information content (AvgIpc) is 2.69. The third-order valence-electron chi connectivity index (χ3n) is 4.33. The summed E-state index contributed by atoms with van der Waals surface area (Å²) in [5, 5.41) is 0. The molecular weight excluding hydrogens is 362 g/mol. The van der Waals surface area contributed by atoms with Crippen LogP contribution in [0.5, 0.6) is 0 Å². The number of amides is 2. The molecule has 0 saturated heterocycles. The van der Waals surface area contributed by atoms with Crippen LogP contribution in [0.15, 0.2) is 48.5 Å². The smallest absolute Gasteiger partial charge is 0.338 e. The number of nitrogens with zero attached hydrogens (tertiary/aromatic N) is 1. The van der Waals surface area contributed by atoms with Crippen LogP contribution in [0.3, 0.4) is 0 Å². The molecule has 0 bridgehead atoms. The molecular formula is C21H19NO6. The van der Waals surface area contributed by atoms with Crippen molar-refractivity contribution in [3.8, 4) is 0 Å². The van der Waals surface area contributed by atoms with E-state index < -0.39 is 29.7 Å². The second-order valence-electron chi connectivity index (χ2n) is 6.02.